The summed E-state index contributed by atoms with van der Waals surface area (Å²) < 4.78 is 5.43. The molecule has 1 N–H and O–H groups in total. The normalized spacial score (nSPS) is 24.7. The van der Waals surface area contributed by atoms with Crippen molar-refractivity contribution in [1.82, 2.24) is 5.32 Å². The van der Waals surface area contributed by atoms with Crippen LogP contribution in [-0.2, 0) is 5.54 Å². The van der Waals surface area contributed by atoms with Gasteiger partial charge in [0.2, 0.25) is 0 Å². The molecule has 1 aliphatic rings. The third-order valence-electron chi connectivity index (χ3n) is 3.31. The lowest BCUT2D eigenvalue weighted by Gasteiger charge is -2.44. The fourth-order valence-corrected chi connectivity index (χ4v) is 2.47. The van der Waals surface area contributed by atoms with E-state index in [-0.39, 0.29) is 5.54 Å². The number of benzene rings is 1. The number of hydrogen-bond acceptors (Lipinski definition) is 2. The Kier molecular flexibility index (Phi) is 2.96. The zero-order chi connectivity index (χ0) is 10.7. The highest BCUT2D eigenvalue weighted by Crippen LogP contribution is 2.40. The standard InChI is InChI=1S/C13H19NO/c1-3-8-13(9-10-14-13)11-6-4-5-7-12(11)15-2/h4-7,14H,3,8-10H2,1-2H3. The van der Waals surface area contributed by atoms with Crippen LogP contribution in [0.25, 0.3) is 0 Å². The third-order valence-corrected chi connectivity index (χ3v) is 3.31. The van der Waals surface area contributed by atoms with Crippen molar-refractivity contribution in [2.24, 2.45) is 0 Å². The van der Waals surface area contributed by atoms with Crippen molar-refractivity contribution in [3.05, 3.63) is 29.8 Å². The van der Waals surface area contributed by atoms with Crippen LogP contribution in [0, 0.1) is 0 Å². The molecular weight excluding hydrogens is 186 g/mol. The maximum Gasteiger partial charge on any atom is 0.123 e. The summed E-state index contributed by atoms with van der Waals surface area (Å²) in [6.07, 6.45) is 3.61. The molecular formula is C13H19NO. The van der Waals surface area contributed by atoms with Crippen LogP contribution in [0.15, 0.2) is 24.3 Å². The zero-order valence-electron chi connectivity index (χ0n) is 9.55. The number of hydrogen-bond donors (Lipinski definition) is 1. The van der Waals surface area contributed by atoms with Crippen molar-refractivity contribution >= 4 is 0 Å². The minimum atomic E-state index is 0.182. The molecule has 1 heterocycles. The van der Waals surface area contributed by atoms with Gasteiger partial charge in [0, 0.05) is 11.1 Å². The van der Waals surface area contributed by atoms with Crippen LogP contribution in [0.2, 0.25) is 0 Å². The van der Waals surface area contributed by atoms with E-state index in [1.54, 1.807) is 7.11 Å². The van der Waals surface area contributed by atoms with Crippen LogP contribution in [0.4, 0.5) is 0 Å². The summed E-state index contributed by atoms with van der Waals surface area (Å²) in [6, 6.07) is 8.35. The van der Waals surface area contributed by atoms with E-state index < -0.39 is 0 Å². The smallest absolute Gasteiger partial charge is 0.123 e. The Morgan fingerprint density at radius 3 is 2.67 bits per heavy atom. The first-order chi connectivity index (χ1) is 7.32. The Labute approximate surface area is 91.6 Å². The molecule has 2 heteroatoms. The highest BCUT2D eigenvalue weighted by atomic mass is 16.5. The average molecular weight is 205 g/mol. The molecule has 0 bridgehead atoms. The summed E-state index contributed by atoms with van der Waals surface area (Å²) in [5.41, 5.74) is 1.50. The van der Waals surface area contributed by atoms with Crippen molar-refractivity contribution in [3.63, 3.8) is 0 Å². The van der Waals surface area contributed by atoms with Gasteiger partial charge in [-0.1, -0.05) is 31.5 Å². The Morgan fingerprint density at radius 2 is 2.13 bits per heavy atom. The molecule has 82 valence electrons. The summed E-state index contributed by atoms with van der Waals surface area (Å²) in [6.45, 7) is 3.36. The van der Waals surface area contributed by atoms with Gasteiger partial charge >= 0.3 is 0 Å². The zero-order valence-corrected chi connectivity index (χ0v) is 9.55. The summed E-state index contributed by atoms with van der Waals surface area (Å²) >= 11 is 0. The molecule has 0 amide bonds. The van der Waals surface area contributed by atoms with E-state index >= 15 is 0 Å². The van der Waals surface area contributed by atoms with Gasteiger partial charge in [0.05, 0.1) is 7.11 Å². The highest BCUT2D eigenvalue weighted by Gasteiger charge is 2.38. The number of nitrogens with one attached hydrogen (secondary N) is 1. The molecule has 1 aromatic rings. The van der Waals surface area contributed by atoms with Gasteiger partial charge in [0.25, 0.3) is 0 Å². The number of para-hydroxylation sites is 1. The van der Waals surface area contributed by atoms with E-state index in [0.717, 1.165) is 12.3 Å². The molecule has 1 saturated heterocycles. The molecule has 15 heavy (non-hydrogen) atoms. The summed E-state index contributed by atoms with van der Waals surface area (Å²) in [4.78, 5) is 0. The Balaban J connectivity index is 2.33. The monoisotopic (exact) mass is 205 g/mol. The van der Waals surface area contributed by atoms with Gasteiger partial charge in [-0.2, -0.15) is 0 Å². The van der Waals surface area contributed by atoms with Crippen LogP contribution in [-0.4, -0.2) is 13.7 Å². The molecule has 1 atom stereocenters. The number of methoxy groups -OCH3 is 1. The maximum atomic E-state index is 5.43. The lowest BCUT2D eigenvalue weighted by Crippen LogP contribution is -2.54. The van der Waals surface area contributed by atoms with E-state index in [4.69, 9.17) is 4.74 Å². The molecule has 0 aliphatic carbocycles. The lowest BCUT2D eigenvalue weighted by atomic mass is 9.77. The van der Waals surface area contributed by atoms with E-state index in [2.05, 4.69) is 24.4 Å². The summed E-state index contributed by atoms with van der Waals surface area (Å²) in [5, 5.41) is 3.57. The fraction of sp³-hybridized carbons (Fsp3) is 0.538. The Morgan fingerprint density at radius 1 is 1.40 bits per heavy atom. The van der Waals surface area contributed by atoms with E-state index in [9.17, 15) is 0 Å². The SMILES string of the molecule is CCCC1(c2ccccc2OC)CCN1. The minimum Gasteiger partial charge on any atom is -0.496 e. The topological polar surface area (TPSA) is 21.3 Å². The number of ether oxygens (including phenoxy) is 1. The third kappa shape index (κ3) is 1.74. The molecule has 1 unspecified atom stereocenters. The van der Waals surface area contributed by atoms with Crippen molar-refractivity contribution in [1.29, 1.82) is 0 Å². The largest absolute Gasteiger partial charge is 0.496 e. The predicted molar refractivity (Wildman–Crippen MR) is 62.2 cm³/mol. The highest BCUT2D eigenvalue weighted by molar-refractivity contribution is 5.40. The van der Waals surface area contributed by atoms with Gasteiger partial charge < -0.3 is 10.1 Å². The number of rotatable bonds is 4. The predicted octanol–water partition coefficient (Wildman–Crippen LogP) is 2.68. The molecule has 0 radical (unpaired) electrons. The van der Waals surface area contributed by atoms with Crippen molar-refractivity contribution in [2.75, 3.05) is 13.7 Å². The summed E-state index contributed by atoms with van der Waals surface area (Å²) in [5.74, 6) is 1.01. The second kappa shape index (κ2) is 4.23. The van der Waals surface area contributed by atoms with E-state index in [1.807, 2.05) is 12.1 Å². The van der Waals surface area contributed by atoms with Gasteiger partial charge in [-0.3, -0.25) is 0 Å². The quantitative estimate of drug-likeness (QED) is 0.816. The first kappa shape index (κ1) is 10.5. The van der Waals surface area contributed by atoms with E-state index in [1.165, 1.54) is 24.8 Å². The molecule has 1 fully saturated rings. The van der Waals surface area contributed by atoms with Crippen LogP contribution in [0.3, 0.4) is 0 Å². The van der Waals surface area contributed by atoms with Crippen LogP contribution >= 0.6 is 0 Å². The average Bonchev–Trinajstić information content (AvgIpc) is 2.23. The van der Waals surface area contributed by atoms with Gasteiger partial charge in [-0.25, -0.2) is 0 Å². The van der Waals surface area contributed by atoms with Crippen molar-refractivity contribution < 1.29 is 4.74 Å². The molecule has 0 saturated carbocycles. The van der Waals surface area contributed by atoms with Crippen molar-refractivity contribution in [2.45, 2.75) is 31.7 Å². The first-order valence-corrected chi connectivity index (χ1v) is 5.71. The van der Waals surface area contributed by atoms with Gasteiger partial charge in [0.15, 0.2) is 0 Å². The van der Waals surface area contributed by atoms with E-state index in [0.29, 0.717) is 0 Å². The molecule has 1 aromatic carbocycles. The minimum absolute atomic E-state index is 0.182. The van der Waals surface area contributed by atoms with Crippen LogP contribution in [0.5, 0.6) is 5.75 Å². The second-order valence-corrected chi connectivity index (χ2v) is 4.21. The van der Waals surface area contributed by atoms with Gasteiger partial charge in [-0.05, 0) is 25.5 Å². The lowest BCUT2D eigenvalue weighted by molar-refractivity contribution is 0.185. The first-order valence-electron chi connectivity index (χ1n) is 5.71. The van der Waals surface area contributed by atoms with Crippen LogP contribution in [0.1, 0.15) is 31.7 Å². The molecule has 0 aromatic heterocycles. The molecule has 0 spiro atoms. The second-order valence-electron chi connectivity index (χ2n) is 4.21. The Hall–Kier alpha value is -1.02. The fourth-order valence-electron chi connectivity index (χ4n) is 2.47. The maximum absolute atomic E-state index is 5.43. The molecule has 2 rings (SSSR count). The van der Waals surface area contributed by atoms with Gasteiger partial charge in [0.1, 0.15) is 5.75 Å². The molecule has 2 nitrogen and oxygen atoms in total. The molecule has 1 aliphatic heterocycles. The summed E-state index contributed by atoms with van der Waals surface area (Å²) in [7, 11) is 1.75. The van der Waals surface area contributed by atoms with Crippen LogP contribution < -0.4 is 10.1 Å². The van der Waals surface area contributed by atoms with Gasteiger partial charge in [-0.15, -0.1) is 0 Å². The Bertz CT molecular complexity index is 331. The van der Waals surface area contributed by atoms with Crippen molar-refractivity contribution in [3.8, 4) is 5.75 Å².